The highest BCUT2D eigenvalue weighted by molar-refractivity contribution is 5.82. The minimum absolute atomic E-state index is 0.150. The summed E-state index contributed by atoms with van der Waals surface area (Å²) in [5.41, 5.74) is 3.11. The van der Waals surface area contributed by atoms with Gasteiger partial charge in [-0.15, -0.1) is 5.10 Å². The summed E-state index contributed by atoms with van der Waals surface area (Å²) < 4.78 is 7.51. The van der Waals surface area contributed by atoms with Gasteiger partial charge in [0.2, 0.25) is 0 Å². The van der Waals surface area contributed by atoms with Gasteiger partial charge in [0.15, 0.2) is 0 Å². The predicted octanol–water partition coefficient (Wildman–Crippen LogP) is 2.98. The Labute approximate surface area is 127 Å². The molecule has 3 fully saturated rings. The van der Waals surface area contributed by atoms with Crippen molar-refractivity contribution in [1.82, 2.24) is 19.9 Å². The SMILES string of the molecule is c1cc2cc(-c3cn(C45C[C@H]6CC[C@@H](C4)N65)nn3)ccc2o1. The summed E-state index contributed by atoms with van der Waals surface area (Å²) in [5, 5.41) is 9.98. The Morgan fingerprint density at radius 3 is 2.86 bits per heavy atom. The summed E-state index contributed by atoms with van der Waals surface area (Å²) in [6.45, 7) is 0. The zero-order chi connectivity index (χ0) is 14.3. The van der Waals surface area contributed by atoms with Gasteiger partial charge in [-0.1, -0.05) is 5.21 Å². The highest BCUT2D eigenvalue weighted by Crippen LogP contribution is 2.60. The normalized spacial score (nSPS) is 32.7. The van der Waals surface area contributed by atoms with Crippen LogP contribution in [0.3, 0.4) is 0 Å². The first-order chi connectivity index (χ1) is 10.8. The first-order valence-corrected chi connectivity index (χ1v) is 8.02. The minimum atomic E-state index is 0.150. The Morgan fingerprint density at radius 1 is 1.14 bits per heavy atom. The van der Waals surface area contributed by atoms with E-state index in [0.29, 0.717) is 0 Å². The fourth-order valence-electron chi connectivity index (χ4n) is 4.90. The van der Waals surface area contributed by atoms with E-state index in [1.807, 2.05) is 12.1 Å². The van der Waals surface area contributed by atoms with Gasteiger partial charge in [-0.05, 0) is 37.1 Å². The van der Waals surface area contributed by atoms with E-state index >= 15 is 0 Å². The van der Waals surface area contributed by atoms with Crippen LogP contribution in [0.15, 0.2) is 41.1 Å². The van der Waals surface area contributed by atoms with Crippen molar-refractivity contribution in [1.29, 1.82) is 0 Å². The lowest BCUT2D eigenvalue weighted by molar-refractivity contribution is -0.225. The van der Waals surface area contributed by atoms with Gasteiger partial charge in [0.05, 0.1) is 12.5 Å². The van der Waals surface area contributed by atoms with E-state index in [1.165, 1.54) is 25.7 Å². The largest absolute Gasteiger partial charge is 0.464 e. The van der Waals surface area contributed by atoms with Gasteiger partial charge in [0, 0.05) is 35.9 Å². The standard InChI is InChI=1S/C17H16N4O/c1-4-16-12(5-6-22-16)7-11(1)15-10-20(19-18-15)17-8-13-2-3-14(9-17)21(13)17/h1,4-7,10,13-14H,2-3,8-9H2/t13-,14+,17?. The monoisotopic (exact) mass is 292 g/mol. The summed E-state index contributed by atoms with van der Waals surface area (Å²) in [6.07, 6.45) is 9.06. The molecule has 0 saturated carbocycles. The van der Waals surface area contributed by atoms with E-state index in [1.54, 1.807) is 6.26 Å². The maximum Gasteiger partial charge on any atom is 0.133 e. The average Bonchev–Trinajstić information content (AvgIpc) is 3.18. The van der Waals surface area contributed by atoms with Crippen LogP contribution < -0.4 is 0 Å². The molecular weight excluding hydrogens is 276 g/mol. The summed E-state index contributed by atoms with van der Waals surface area (Å²) in [6, 6.07) is 9.76. The first kappa shape index (κ1) is 11.4. The second kappa shape index (κ2) is 3.60. The van der Waals surface area contributed by atoms with Gasteiger partial charge in [-0.2, -0.15) is 0 Å². The molecule has 1 unspecified atom stereocenters. The van der Waals surface area contributed by atoms with Gasteiger partial charge in [-0.25, -0.2) is 4.68 Å². The van der Waals surface area contributed by atoms with E-state index in [9.17, 15) is 0 Å². The fourth-order valence-corrected chi connectivity index (χ4v) is 4.90. The molecule has 0 spiro atoms. The summed E-state index contributed by atoms with van der Waals surface area (Å²) in [7, 11) is 0. The molecule has 5 nitrogen and oxygen atoms in total. The number of furan rings is 1. The number of hydrogen-bond acceptors (Lipinski definition) is 4. The summed E-state index contributed by atoms with van der Waals surface area (Å²) >= 11 is 0. The molecule has 22 heavy (non-hydrogen) atoms. The van der Waals surface area contributed by atoms with Crippen LogP contribution in [0.25, 0.3) is 22.2 Å². The molecule has 1 aromatic carbocycles. The molecular formula is C17H16N4O. The minimum Gasteiger partial charge on any atom is -0.464 e. The molecule has 3 aromatic rings. The second-order valence-corrected chi connectivity index (χ2v) is 6.90. The number of fused-ring (bicyclic) bond motifs is 1. The van der Waals surface area contributed by atoms with Crippen LogP contribution in [0.1, 0.15) is 25.7 Å². The van der Waals surface area contributed by atoms with E-state index in [4.69, 9.17) is 4.42 Å². The number of aromatic nitrogens is 3. The summed E-state index contributed by atoms with van der Waals surface area (Å²) in [4.78, 5) is 2.66. The average molecular weight is 292 g/mol. The lowest BCUT2D eigenvalue weighted by Crippen LogP contribution is -2.75. The molecule has 2 aromatic heterocycles. The Bertz CT molecular complexity index is 881. The molecule has 6 rings (SSSR count). The van der Waals surface area contributed by atoms with Crippen molar-refractivity contribution in [3.05, 3.63) is 36.7 Å². The van der Waals surface area contributed by atoms with Gasteiger partial charge < -0.3 is 4.42 Å². The quantitative estimate of drug-likeness (QED) is 0.728. The highest BCUT2D eigenvalue weighted by atomic mass is 16.3. The van der Waals surface area contributed by atoms with Crippen molar-refractivity contribution in [2.45, 2.75) is 43.4 Å². The molecule has 5 heteroatoms. The third kappa shape index (κ3) is 1.21. The molecule has 0 N–H and O–H groups in total. The van der Waals surface area contributed by atoms with Crippen LogP contribution in [0, 0.1) is 0 Å². The molecule has 0 bridgehead atoms. The highest BCUT2D eigenvalue weighted by Gasteiger charge is 2.67. The maximum absolute atomic E-state index is 5.40. The second-order valence-electron chi connectivity index (χ2n) is 6.90. The number of nitrogens with zero attached hydrogens (tertiary/aromatic N) is 4. The molecule has 0 amide bonds. The molecule has 5 heterocycles. The van der Waals surface area contributed by atoms with E-state index in [0.717, 1.165) is 34.3 Å². The molecule has 0 radical (unpaired) electrons. The van der Waals surface area contributed by atoms with Crippen LogP contribution in [0.4, 0.5) is 0 Å². The van der Waals surface area contributed by atoms with Crippen molar-refractivity contribution in [2.24, 2.45) is 0 Å². The van der Waals surface area contributed by atoms with Gasteiger partial charge in [0.1, 0.15) is 16.9 Å². The molecule has 3 atom stereocenters. The number of rotatable bonds is 2. The molecule has 3 aliphatic heterocycles. The molecule has 3 saturated heterocycles. The first-order valence-electron chi connectivity index (χ1n) is 8.02. The van der Waals surface area contributed by atoms with Gasteiger partial charge in [0.25, 0.3) is 0 Å². The molecule has 0 aliphatic carbocycles. The summed E-state index contributed by atoms with van der Waals surface area (Å²) in [5.74, 6) is 0. The third-order valence-corrected chi connectivity index (χ3v) is 5.89. The number of piperidine rings is 1. The van der Waals surface area contributed by atoms with Crippen LogP contribution in [0.2, 0.25) is 0 Å². The van der Waals surface area contributed by atoms with E-state index in [-0.39, 0.29) is 5.66 Å². The van der Waals surface area contributed by atoms with Crippen LogP contribution in [-0.4, -0.2) is 32.0 Å². The van der Waals surface area contributed by atoms with Crippen molar-refractivity contribution >= 4 is 11.0 Å². The van der Waals surface area contributed by atoms with Crippen molar-refractivity contribution in [2.75, 3.05) is 0 Å². The smallest absolute Gasteiger partial charge is 0.133 e. The Balaban J connectivity index is 1.39. The lowest BCUT2D eigenvalue weighted by Gasteiger charge is -2.65. The maximum atomic E-state index is 5.40. The number of benzene rings is 1. The van der Waals surface area contributed by atoms with Crippen LogP contribution in [-0.2, 0) is 5.66 Å². The van der Waals surface area contributed by atoms with Gasteiger partial charge in [-0.3, -0.25) is 4.90 Å². The zero-order valence-corrected chi connectivity index (χ0v) is 12.1. The lowest BCUT2D eigenvalue weighted by atomic mass is 9.75. The third-order valence-electron chi connectivity index (χ3n) is 5.89. The van der Waals surface area contributed by atoms with Gasteiger partial charge >= 0.3 is 0 Å². The Kier molecular flexibility index (Phi) is 1.87. The Morgan fingerprint density at radius 2 is 2.00 bits per heavy atom. The van der Waals surface area contributed by atoms with E-state index in [2.05, 4.69) is 38.2 Å². The van der Waals surface area contributed by atoms with Crippen LogP contribution >= 0.6 is 0 Å². The number of hydrogen-bond donors (Lipinski definition) is 0. The van der Waals surface area contributed by atoms with Crippen LogP contribution in [0.5, 0.6) is 0 Å². The predicted molar refractivity (Wildman–Crippen MR) is 81.1 cm³/mol. The van der Waals surface area contributed by atoms with Crippen molar-refractivity contribution in [3.8, 4) is 11.3 Å². The van der Waals surface area contributed by atoms with E-state index < -0.39 is 0 Å². The topological polar surface area (TPSA) is 47.1 Å². The molecule has 110 valence electrons. The fraction of sp³-hybridized carbons (Fsp3) is 0.412. The van der Waals surface area contributed by atoms with Crippen molar-refractivity contribution in [3.63, 3.8) is 0 Å². The van der Waals surface area contributed by atoms with Crippen molar-refractivity contribution < 1.29 is 4.42 Å². The Hall–Kier alpha value is -2.14. The zero-order valence-electron chi connectivity index (χ0n) is 12.1. The molecule has 3 aliphatic rings.